The maximum atomic E-state index is 5.72. The summed E-state index contributed by atoms with van der Waals surface area (Å²) in [6, 6.07) is 10.6. The van der Waals surface area contributed by atoms with Crippen LogP contribution in [0.1, 0.15) is 29.8 Å². The van der Waals surface area contributed by atoms with Crippen LogP contribution in [0.15, 0.2) is 30.3 Å². The van der Waals surface area contributed by atoms with Gasteiger partial charge in [-0.15, -0.1) is 0 Å². The van der Waals surface area contributed by atoms with Crippen molar-refractivity contribution in [3.8, 4) is 11.1 Å². The summed E-state index contributed by atoms with van der Waals surface area (Å²) in [6.07, 6.45) is 2.56. The molecule has 0 bridgehead atoms. The maximum Gasteiger partial charge on any atom is 0.165 e. The van der Waals surface area contributed by atoms with Crippen LogP contribution in [0.2, 0.25) is 0 Å². The number of nitrogens with one attached hydrogen (secondary N) is 1. The van der Waals surface area contributed by atoms with Gasteiger partial charge < -0.3 is 10.1 Å². The van der Waals surface area contributed by atoms with Crippen LogP contribution in [-0.2, 0) is 4.74 Å². The van der Waals surface area contributed by atoms with Crippen molar-refractivity contribution in [2.45, 2.75) is 39.7 Å². The molecule has 3 aromatic rings. The lowest BCUT2D eigenvalue weighted by Gasteiger charge is -2.13. The molecule has 4 rings (SSSR count). The van der Waals surface area contributed by atoms with Crippen molar-refractivity contribution in [3.05, 3.63) is 47.3 Å². The summed E-state index contributed by atoms with van der Waals surface area (Å²) in [7, 11) is 0. The zero-order valence-corrected chi connectivity index (χ0v) is 15.0. The van der Waals surface area contributed by atoms with Gasteiger partial charge in [0.1, 0.15) is 5.82 Å². The molecule has 5 heteroatoms. The molecular weight excluding hydrogens is 312 g/mol. The Morgan fingerprint density at radius 2 is 2.00 bits per heavy atom. The van der Waals surface area contributed by atoms with Crippen LogP contribution in [-0.4, -0.2) is 33.9 Å². The number of benzene rings is 1. The van der Waals surface area contributed by atoms with Gasteiger partial charge >= 0.3 is 0 Å². The first-order valence-corrected chi connectivity index (χ1v) is 8.91. The molecule has 0 amide bonds. The van der Waals surface area contributed by atoms with Gasteiger partial charge in [0.15, 0.2) is 5.65 Å². The summed E-state index contributed by atoms with van der Waals surface area (Å²) >= 11 is 0. The van der Waals surface area contributed by atoms with Crippen molar-refractivity contribution in [1.82, 2.24) is 14.6 Å². The highest BCUT2D eigenvalue weighted by molar-refractivity contribution is 5.81. The summed E-state index contributed by atoms with van der Waals surface area (Å²) in [5, 5.41) is 8.26. The predicted molar refractivity (Wildman–Crippen MR) is 100 cm³/mol. The van der Waals surface area contributed by atoms with Crippen LogP contribution in [0.25, 0.3) is 16.8 Å². The number of ether oxygens (including phenoxy) is 1. The van der Waals surface area contributed by atoms with Crippen molar-refractivity contribution in [2.24, 2.45) is 0 Å². The van der Waals surface area contributed by atoms with Crippen LogP contribution < -0.4 is 5.32 Å². The third-order valence-electron chi connectivity index (χ3n) is 4.77. The topological polar surface area (TPSA) is 51.5 Å². The van der Waals surface area contributed by atoms with Crippen LogP contribution >= 0.6 is 0 Å². The minimum absolute atomic E-state index is 0.289. The molecule has 3 heterocycles. The molecule has 1 aliphatic heterocycles. The Labute approximate surface area is 148 Å². The maximum absolute atomic E-state index is 5.72. The van der Waals surface area contributed by atoms with Gasteiger partial charge in [0.05, 0.1) is 11.8 Å². The highest BCUT2D eigenvalue weighted by atomic mass is 16.5. The Bertz CT molecular complexity index is 892. The van der Waals surface area contributed by atoms with E-state index in [1.165, 1.54) is 5.56 Å². The molecule has 1 N–H and O–H groups in total. The summed E-state index contributed by atoms with van der Waals surface area (Å²) in [5.41, 5.74) is 6.37. The molecule has 1 aromatic carbocycles. The molecule has 1 saturated heterocycles. The second kappa shape index (κ2) is 6.48. The first-order chi connectivity index (χ1) is 12.1. The normalized spacial score (nSPS) is 17.3. The third-order valence-corrected chi connectivity index (χ3v) is 4.77. The Hall–Kier alpha value is -2.40. The second-order valence-corrected chi connectivity index (χ2v) is 6.86. The molecule has 5 nitrogen and oxygen atoms in total. The average molecular weight is 336 g/mol. The van der Waals surface area contributed by atoms with E-state index >= 15 is 0 Å². The highest BCUT2D eigenvalue weighted by Gasteiger charge is 2.18. The minimum atomic E-state index is 0.289. The van der Waals surface area contributed by atoms with Gasteiger partial charge in [-0.3, -0.25) is 0 Å². The fourth-order valence-electron chi connectivity index (χ4n) is 3.45. The SMILES string of the molecule is Cc1ccc(-c2c(C)nn3c(NCC4CCCO4)cc(C)nc23)cc1. The first kappa shape index (κ1) is 16.1. The molecule has 25 heavy (non-hydrogen) atoms. The number of hydrogen-bond acceptors (Lipinski definition) is 4. The van der Waals surface area contributed by atoms with Crippen LogP contribution in [0.5, 0.6) is 0 Å². The van der Waals surface area contributed by atoms with Crippen LogP contribution in [0, 0.1) is 20.8 Å². The lowest BCUT2D eigenvalue weighted by atomic mass is 10.0. The summed E-state index contributed by atoms with van der Waals surface area (Å²) in [6.45, 7) is 7.84. The van der Waals surface area contributed by atoms with Gasteiger partial charge in [-0.1, -0.05) is 29.8 Å². The fraction of sp³-hybridized carbons (Fsp3) is 0.400. The standard InChI is InChI=1S/C20H24N4O/c1-13-6-8-16(9-7-13)19-15(3)23-24-18(11-14(2)22-20(19)24)21-12-17-5-4-10-25-17/h6-9,11,17,21H,4-5,10,12H2,1-3H3. The van der Waals surface area contributed by atoms with Crippen LogP contribution in [0.3, 0.4) is 0 Å². The van der Waals surface area contributed by atoms with E-state index in [-0.39, 0.29) is 6.10 Å². The smallest absolute Gasteiger partial charge is 0.165 e. The number of fused-ring (bicyclic) bond motifs is 1. The minimum Gasteiger partial charge on any atom is -0.376 e. The van der Waals surface area contributed by atoms with E-state index in [1.54, 1.807) is 0 Å². The van der Waals surface area contributed by atoms with Gasteiger partial charge in [-0.2, -0.15) is 9.61 Å². The van der Waals surface area contributed by atoms with E-state index in [1.807, 2.05) is 24.4 Å². The molecule has 1 unspecified atom stereocenters. The molecule has 0 aliphatic carbocycles. The van der Waals surface area contributed by atoms with Crippen LogP contribution in [0.4, 0.5) is 5.82 Å². The van der Waals surface area contributed by atoms with Gasteiger partial charge in [-0.25, -0.2) is 4.98 Å². The number of anilines is 1. The van der Waals surface area contributed by atoms with Crippen molar-refractivity contribution in [1.29, 1.82) is 0 Å². The highest BCUT2D eigenvalue weighted by Crippen LogP contribution is 2.29. The van der Waals surface area contributed by atoms with Crippen molar-refractivity contribution in [3.63, 3.8) is 0 Å². The summed E-state index contributed by atoms with van der Waals surface area (Å²) in [5.74, 6) is 0.972. The van der Waals surface area contributed by atoms with Gasteiger partial charge in [0.25, 0.3) is 0 Å². The van der Waals surface area contributed by atoms with E-state index in [0.717, 1.165) is 60.0 Å². The molecule has 1 fully saturated rings. The lowest BCUT2D eigenvalue weighted by Crippen LogP contribution is -2.20. The molecule has 0 radical (unpaired) electrons. The Kier molecular flexibility index (Phi) is 4.17. The van der Waals surface area contributed by atoms with Gasteiger partial charge in [0, 0.05) is 30.5 Å². The van der Waals surface area contributed by atoms with E-state index in [4.69, 9.17) is 14.8 Å². The predicted octanol–water partition coefficient (Wildman–Crippen LogP) is 3.91. The quantitative estimate of drug-likeness (QED) is 0.785. The summed E-state index contributed by atoms with van der Waals surface area (Å²) < 4.78 is 7.64. The first-order valence-electron chi connectivity index (χ1n) is 8.91. The number of aromatic nitrogens is 3. The van der Waals surface area contributed by atoms with E-state index in [2.05, 4.69) is 36.5 Å². The molecule has 1 aliphatic rings. The van der Waals surface area contributed by atoms with E-state index in [9.17, 15) is 0 Å². The Morgan fingerprint density at radius 3 is 2.72 bits per heavy atom. The van der Waals surface area contributed by atoms with Crippen molar-refractivity contribution in [2.75, 3.05) is 18.5 Å². The number of hydrogen-bond donors (Lipinski definition) is 1. The molecular formula is C20H24N4O. The molecule has 0 saturated carbocycles. The molecule has 130 valence electrons. The van der Waals surface area contributed by atoms with Crippen molar-refractivity contribution >= 4 is 11.5 Å². The van der Waals surface area contributed by atoms with E-state index in [0.29, 0.717) is 0 Å². The fourth-order valence-corrected chi connectivity index (χ4v) is 3.45. The largest absolute Gasteiger partial charge is 0.376 e. The van der Waals surface area contributed by atoms with Gasteiger partial charge in [0.2, 0.25) is 0 Å². The Balaban J connectivity index is 1.75. The van der Waals surface area contributed by atoms with Crippen molar-refractivity contribution < 1.29 is 4.74 Å². The van der Waals surface area contributed by atoms with E-state index < -0.39 is 0 Å². The molecule has 2 aromatic heterocycles. The zero-order valence-electron chi connectivity index (χ0n) is 15.0. The lowest BCUT2D eigenvalue weighted by molar-refractivity contribution is 0.120. The van der Waals surface area contributed by atoms with Gasteiger partial charge in [-0.05, 0) is 39.2 Å². The third kappa shape index (κ3) is 3.12. The second-order valence-electron chi connectivity index (χ2n) is 6.86. The average Bonchev–Trinajstić information content (AvgIpc) is 3.21. The Morgan fingerprint density at radius 1 is 1.20 bits per heavy atom. The number of rotatable bonds is 4. The number of nitrogens with zero attached hydrogens (tertiary/aromatic N) is 3. The zero-order chi connectivity index (χ0) is 17.4. The molecule has 0 spiro atoms. The molecule has 1 atom stereocenters. The number of aryl methyl sites for hydroxylation is 3. The monoisotopic (exact) mass is 336 g/mol. The summed E-state index contributed by atoms with van der Waals surface area (Å²) in [4.78, 5) is 4.76.